The monoisotopic (exact) mass is 576 g/mol. The van der Waals surface area contributed by atoms with Gasteiger partial charge in [-0.2, -0.15) is 4.57 Å². The Hall–Kier alpha value is -2.14. The maximum atomic E-state index is 8.49. The number of thiazole rings is 1. The number of aryl methyl sites for hydroxylation is 1. The molecule has 0 amide bonds. The second-order valence-electron chi connectivity index (χ2n) is 8.21. The standard InChI is InChI=1S/C27H26ClN2S2.ClHO4/c1-3-29-21-9-5-7-11-23(21)31-25(29)17-15-19-13-14-20(27(19)28)16-18-26-30(4-2)22-10-6-8-12-24(22)32-26;2-1(3,4)5/h5-12,15-18H,3-4,13-14H2,1-2H3;(H,2,3,4,5)/q+1;/p-1. The van der Waals surface area contributed by atoms with E-state index in [4.69, 9.17) is 30.2 Å². The Morgan fingerprint density at radius 2 is 1.68 bits per heavy atom. The van der Waals surface area contributed by atoms with E-state index in [1.165, 1.54) is 42.0 Å². The molecule has 3 aromatic rings. The number of allylic oxidation sites excluding steroid dienone is 6. The van der Waals surface area contributed by atoms with E-state index in [0.717, 1.165) is 31.0 Å². The Kier molecular flexibility index (Phi) is 9.15. The van der Waals surface area contributed by atoms with E-state index in [1.54, 1.807) is 0 Å². The number of halogens is 2. The molecule has 1 aromatic heterocycles. The molecule has 1 aliphatic heterocycles. The van der Waals surface area contributed by atoms with E-state index in [0.29, 0.717) is 0 Å². The molecular formula is C27H26Cl2N2O4S2. The summed E-state index contributed by atoms with van der Waals surface area (Å²) >= 11 is 10.5. The van der Waals surface area contributed by atoms with Crippen LogP contribution in [0.25, 0.3) is 16.3 Å². The third-order valence-corrected chi connectivity index (χ3v) is 8.73. The maximum absolute atomic E-state index is 8.49. The van der Waals surface area contributed by atoms with Crippen LogP contribution in [0.3, 0.4) is 0 Å². The number of hydrogen-bond acceptors (Lipinski definition) is 7. The Bertz CT molecular complexity index is 1400. The van der Waals surface area contributed by atoms with Crippen molar-refractivity contribution in [1.29, 1.82) is 0 Å². The molecule has 5 rings (SSSR count). The highest BCUT2D eigenvalue weighted by atomic mass is 35.7. The Morgan fingerprint density at radius 3 is 2.41 bits per heavy atom. The minimum Gasteiger partial charge on any atom is -0.335 e. The van der Waals surface area contributed by atoms with Crippen LogP contribution in [0.15, 0.2) is 92.9 Å². The van der Waals surface area contributed by atoms with E-state index < -0.39 is 10.2 Å². The molecule has 1 aliphatic carbocycles. The van der Waals surface area contributed by atoms with Crippen LogP contribution < -0.4 is 28.1 Å². The van der Waals surface area contributed by atoms with Gasteiger partial charge in [0, 0.05) is 28.6 Å². The third kappa shape index (κ3) is 6.85. The Morgan fingerprint density at radius 1 is 0.973 bits per heavy atom. The summed E-state index contributed by atoms with van der Waals surface area (Å²) < 4.78 is 37.7. The van der Waals surface area contributed by atoms with Crippen molar-refractivity contribution in [2.45, 2.75) is 38.1 Å². The molecule has 6 nitrogen and oxygen atoms in total. The number of anilines is 1. The number of rotatable bonds is 5. The second kappa shape index (κ2) is 12.1. The van der Waals surface area contributed by atoms with Crippen LogP contribution in [-0.2, 0) is 6.54 Å². The lowest BCUT2D eigenvalue weighted by molar-refractivity contribution is -2.00. The summed E-state index contributed by atoms with van der Waals surface area (Å²) in [5.41, 5.74) is 5.06. The van der Waals surface area contributed by atoms with Crippen molar-refractivity contribution in [3.8, 4) is 0 Å². The van der Waals surface area contributed by atoms with Gasteiger partial charge in [-0.3, -0.25) is 0 Å². The first-order valence-electron chi connectivity index (χ1n) is 11.7. The fraction of sp³-hybridized carbons (Fsp3) is 0.222. The molecule has 0 N–H and O–H groups in total. The minimum absolute atomic E-state index is 0.908. The molecule has 2 aromatic carbocycles. The van der Waals surface area contributed by atoms with Crippen molar-refractivity contribution in [3.63, 3.8) is 0 Å². The number of benzene rings is 2. The smallest absolute Gasteiger partial charge is 0.262 e. The number of thioether (sulfide) groups is 1. The lowest BCUT2D eigenvalue weighted by Gasteiger charge is -2.17. The van der Waals surface area contributed by atoms with Crippen LogP contribution in [-0.4, -0.2) is 6.54 Å². The summed E-state index contributed by atoms with van der Waals surface area (Å²) in [5.74, 6) is 0. The summed E-state index contributed by atoms with van der Waals surface area (Å²) in [6, 6.07) is 17.2. The molecular weight excluding hydrogens is 551 g/mol. The van der Waals surface area contributed by atoms with Crippen molar-refractivity contribution >= 4 is 56.7 Å². The van der Waals surface area contributed by atoms with Crippen LogP contribution in [0.2, 0.25) is 0 Å². The van der Waals surface area contributed by atoms with Crippen molar-refractivity contribution in [2.75, 3.05) is 11.4 Å². The van der Waals surface area contributed by atoms with E-state index in [2.05, 4.69) is 96.1 Å². The van der Waals surface area contributed by atoms with Gasteiger partial charge in [0.25, 0.3) is 5.01 Å². The number of hydrogen-bond donors (Lipinski definition) is 0. The molecule has 0 fully saturated rings. The van der Waals surface area contributed by atoms with Crippen LogP contribution in [0.5, 0.6) is 0 Å². The van der Waals surface area contributed by atoms with Gasteiger partial charge < -0.3 is 4.90 Å². The van der Waals surface area contributed by atoms with Gasteiger partial charge in [-0.25, -0.2) is 18.6 Å². The van der Waals surface area contributed by atoms with Crippen molar-refractivity contribution in [3.05, 3.63) is 93.0 Å². The van der Waals surface area contributed by atoms with Crippen LogP contribution in [0.1, 0.15) is 31.7 Å². The molecule has 194 valence electrons. The fourth-order valence-electron chi connectivity index (χ4n) is 4.36. The molecule has 0 saturated heterocycles. The molecule has 10 heteroatoms. The number of nitrogens with zero attached hydrogens (tertiary/aromatic N) is 2. The van der Waals surface area contributed by atoms with Gasteiger partial charge >= 0.3 is 0 Å². The summed E-state index contributed by atoms with van der Waals surface area (Å²) in [7, 11) is -4.94. The molecule has 0 radical (unpaired) electrons. The molecule has 0 spiro atoms. The van der Waals surface area contributed by atoms with Gasteiger partial charge in [-0.1, -0.05) is 71.1 Å². The normalized spacial score (nSPS) is 17.9. The Labute approximate surface area is 231 Å². The van der Waals surface area contributed by atoms with E-state index in [-0.39, 0.29) is 0 Å². The maximum Gasteiger partial charge on any atom is 0.262 e. The van der Waals surface area contributed by atoms with Crippen LogP contribution in [0, 0.1) is 10.2 Å². The van der Waals surface area contributed by atoms with Gasteiger partial charge in [0.05, 0.1) is 10.7 Å². The second-order valence-corrected chi connectivity index (χ2v) is 11.5. The first-order chi connectivity index (χ1) is 17.7. The van der Waals surface area contributed by atoms with Gasteiger partial charge in [-0.05, 0) is 62.1 Å². The quantitative estimate of drug-likeness (QED) is 0.432. The van der Waals surface area contributed by atoms with Crippen molar-refractivity contribution in [2.24, 2.45) is 0 Å². The van der Waals surface area contributed by atoms with Gasteiger partial charge in [0.1, 0.15) is 11.2 Å². The van der Waals surface area contributed by atoms with E-state index in [1.807, 2.05) is 23.1 Å². The van der Waals surface area contributed by atoms with E-state index in [9.17, 15) is 0 Å². The lowest BCUT2D eigenvalue weighted by atomic mass is 10.2. The van der Waals surface area contributed by atoms with E-state index >= 15 is 0 Å². The molecule has 2 aliphatic rings. The number of para-hydroxylation sites is 2. The molecule has 0 saturated carbocycles. The van der Waals surface area contributed by atoms with Gasteiger partial charge in [0.2, 0.25) is 5.52 Å². The highest BCUT2D eigenvalue weighted by molar-refractivity contribution is 8.03. The van der Waals surface area contributed by atoms with Crippen molar-refractivity contribution < 1.29 is 33.4 Å². The molecule has 37 heavy (non-hydrogen) atoms. The number of fused-ring (bicyclic) bond motifs is 2. The molecule has 0 unspecified atom stereocenters. The topological polar surface area (TPSA) is 99.4 Å². The minimum atomic E-state index is -4.94. The summed E-state index contributed by atoms with van der Waals surface area (Å²) in [6.45, 7) is 6.32. The fourth-order valence-corrected chi connectivity index (χ4v) is 6.93. The SMILES string of the molecule is CCN1C(=CC=C2CCC(C=Cc3sc4ccccc4[n+]3CC)=C2Cl)Sc2ccccc21.[O-][Cl+3]([O-])([O-])[O-]. The average molecular weight is 578 g/mol. The predicted molar refractivity (Wildman–Crippen MR) is 140 cm³/mol. The van der Waals surface area contributed by atoms with Gasteiger partial charge in [-0.15, -0.1) is 10.2 Å². The summed E-state index contributed by atoms with van der Waals surface area (Å²) in [6.07, 6.45) is 10.9. The lowest BCUT2D eigenvalue weighted by Crippen LogP contribution is -2.68. The zero-order chi connectivity index (χ0) is 26.6. The van der Waals surface area contributed by atoms with Crippen LogP contribution >= 0.6 is 34.7 Å². The van der Waals surface area contributed by atoms with Crippen LogP contribution in [0.4, 0.5) is 5.69 Å². The first-order valence-corrected chi connectivity index (χ1v) is 15.0. The first kappa shape index (κ1) is 27.9. The zero-order valence-electron chi connectivity index (χ0n) is 20.4. The predicted octanol–water partition coefficient (Wildman–Crippen LogP) is 3.15. The summed E-state index contributed by atoms with van der Waals surface area (Å²) in [4.78, 5) is 3.69. The number of aromatic nitrogens is 1. The highest BCUT2D eigenvalue weighted by Gasteiger charge is 2.23. The largest absolute Gasteiger partial charge is 0.335 e. The molecule has 0 atom stereocenters. The molecule has 0 bridgehead atoms. The summed E-state index contributed by atoms with van der Waals surface area (Å²) in [5, 5.41) is 3.44. The third-order valence-electron chi connectivity index (χ3n) is 5.99. The van der Waals surface area contributed by atoms with Crippen molar-refractivity contribution in [1.82, 2.24) is 0 Å². The average Bonchev–Trinajstić information content (AvgIpc) is 3.52. The Balaban J connectivity index is 0.000000586. The highest BCUT2D eigenvalue weighted by Crippen LogP contribution is 2.46. The van der Waals surface area contributed by atoms with Gasteiger partial charge in [0.15, 0.2) is 0 Å². The molecule has 2 heterocycles. The zero-order valence-corrected chi connectivity index (χ0v) is 23.5.